The third kappa shape index (κ3) is 2.18. The Bertz CT molecular complexity index is 731. The molecule has 3 nitrogen and oxygen atoms in total. The molecule has 21 heavy (non-hydrogen) atoms. The standard InChI is InChI=1S/C16H15ClN2OS/c17-11-7-12-9(6-15(20)19-12)4-10(11)16(18)14-5-8-2-1-3-13(8)21-14/h4-5,7,16H,1-3,6,18H2,(H,19,20). The molecule has 1 unspecified atom stereocenters. The lowest BCUT2D eigenvalue weighted by molar-refractivity contribution is -0.115. The minimum atomic E-state index is -0.214. The zero-order valence-corrected chi connectivity index (χ0v) is 13.0. The van der Waals surface area contributed by atoms with Crippen LogP contribution in [0.25, 0.3) is 0 Å². The second-order valence-electron chi connectivity index (χ2n) is 5.68. The van der Waals surface area contributed by atoms with Crippen molar-refractivity contribution in [2.24, 2.45) is 5.73 Å². The summed E-state index contributed by atoms with van der Waals surface area (Å²) >= 11 is 8.17. The molecule has 0 bridgehead atoms. The van der Waals surface area contributed by atoms with E-state index in [0.29, 0.717) is 11.4 Å². The summed E-state index contributed by atoms with van der Waals surface area (Å²) in [5, 5.41) is 3.44. The fourth-order valence-corrected chi connectivity index (χ4v) is 4.72. The van der Waals surface area contributed by atoms with E-state index in [-0.39, 0.29) is 11.9 Å². The number of carbonyl (C=O) groups is 1. The zero-order chi connectivity index (χ0) is 14.6. The molecular weight excluding hydrogens is 304 g/mol. The molecule has 0 saturated carbocycles. The number of hydrogen-bond donors (Lipinski definition) is 2. The molecule has 0 fully saturated rings. The van der Waals surface area contributed by atoms with Gasteiger partial charge in [-0.3, -0.25) is 4.79 Å². The van der Waals surface area contributed by atoms with Gasteiger partial charge in [-0.2, -0.15) is 0 Å². The van der Waals surface area contributed by atoms with Crippen molar-refractivity contribution in [2.45, 2.75) is 31.7 Å². The monoisotopic (exact) mass is 318 g/mol. The molecule has 2 aromatic rings. The van der Waals surface area contributed by atoms with Crippen molar-refractivity contribution >= 4 is 34.5 Å². The van der Waals surface area contributed by atoms with Crippen LogP contribution in [0.1, 0.15) is 38.9 Å². The van der Waals surface area contributed by atoms with Gasteiger partial charge in [-0.05, 0) is 54.2 Å². The second kappa shape index (κ2) is 4.83. The molecule has 1 aromatic heterocycles. The Morgan fingerprint density at radius 1 is 1.24 bits per heavy atom. The molecule has 0 radical (unpaired) electrons. The number of nitrogens with two attached hydrogens (primary N) is 1. The van der Waals surface area contributed by atoms with Crippen LogP contribution in [0.3, 0.4) is 0 Å². The van der Waals surface area contributed by atoms with Gasteiger partial charge in [-0.1, -0.05) is 11.6 Å². The van der Waals surface area contributed by atoms with Crippen LogP contribution < -0.4 is 11.1 Å². The van der Waals surface area contributed by atoms with E-state index in [1.807, 2.05) is 12.1 Å². The Hall–Kier alpha value is -1.36. The number of carbonyl (C=O) groups excluding carboxylic acids is 1. The molecule has 4 rings (SSSR count). The van der Waals surface area contributed by atoms with Crippen LogP contribution >= 0.6 is 22.9 Å². The Kier molecular flexibility index (Phi) is 3.06. The third-order valence-electron chi connectivity index (χ3n) is 4.25. The maximum absolute atomic E-state index is 11.5. The summed E-state index contributed by atoms with van der Waals surface area (Å²) < 4.78 is 0. The van der Waals surface area contributed by atoms with Crippen molar-refractivity contribution in [2.75, 3.05) is 5.32 Å². The van der Waals surface area contributed by atoms with Gasteiger partial charge >= 0.3 is 0 Å². The highest BCUT2D eigenvalue weighted by Gasteiger charge is 2.24. The molecular formula is C16H15ClN2OS. The largest absolute Gasteiger partial charge is 0.325 e. The van der Waals surface area contributed by atoms with Crippen molar-refractivity contribution < 1.29 is 4.79 Å². The highest BCUT2D eigenvalue weighted by molar-refractivity contribution is 7.12. The van der Waals surface area contributed by atoms with Crippen LogP contribution in [-0.4, -0.2) is 5.91 Å². The van der Waals surface area contributed by atoms with Crippen LogP contribution in [0.15, 0.2) is 18.2 Å². The number of aryl methyl sites for hydroxylation is 2. The van der Waals surface area contributed by atoms with Gasteiger partial charge in [0.05, 0.1) is 12.5 Å². The van der Waals surface area contributed by atoms with E-state index in [4.69, 9.17) is 17.3 Å². The predicted molar refractivity (Wildman–Crippen MR) is 86.2 cm³/mol. The smallest absolute Gasteiger partial charge is 0.228 e. The molecule has 1 aromatic carbocycles. The van der Waals surface area contributed by atoms with Crippen LogP contribution in [0.4, 0.5) is 5.69 Å². The predicted octanol–water partition coefficient (Wildman–Crippen LogP) is 3.43. The van der Waals surface area contributed by atoms with Gasteiger partial charge in [0.25, 0.3) is 0 Å². The quantitative estimate of drug-likeness (QED) is 0.891. The van der Waals surface area contributed by atoms with E-state index in [1.54, 1.807) is 11.3 Å². The summed E-state index contributed by atoms with van der Waals surface area (Å²) in [7, 11) is 0. The fraction of sp³-hybridized carbons (Fsp3) is 0.312. The summed E-state index contributed by atoms with van der Waals surface area (Å²) in [5.74, 6) is 0.0156. The lowest BCUT2D eigenvalue weighted by atomic mass is 10.0. The van der Waals surface area contributed by atoms with Gasteiger partial charge < -0.3 is 11.1 Å². The third-order valence-corrected chi connectivity index (χ3v) is 5.90. The highest BCUT2D eigenvalue weighted by atomic mass is 35.5. The molecule has 5 heteroatoms. The van der Waals surface area contributed by atoms with Gasteiger partial charge in [0.2, 0.25) is 5.91 Å². The van der Waals surface area contributed by atoms with Crippen molar-refractivity contribution in [1.82, 2.24) is 0 Å². The van der Waals surface area contributed by atoms with Crippen LogP contribution in [0.5, 0.6) is 0 Å². The Morgan fingerprint density at radius 2 is 2.10 bits per heavy atom. The SMILES string of the molecule is NC(c1cc2c(s1)CCC2)c1cc2c(cc1Cl)NC(=O)C2. The van der Waals surface area contributed by atoms with Crippen molar-refractivity contribution in [1.29, 1.82) is 0 Å². The Morgan fingerprint density at radius 3 is 2.90 bits per heavy atom. The number of amides is 1. The molecule has 2 heterocycles. The van der Waals surface area contributed by atoms with E-state index in [1.165, 1.54) is 28.2 Å². The molecule has 2 aliphatic rings. The van der Waals surface area contributed by atoms with E-state index in [0.717, 1.165) is 23.2 Å². The average molecular weight is 319 g/mol. The maximum Gasteiger partial charge on any atom is 0.228 e. The Labute approximate surface area is 132 Å². The van der Waals surface area contributed by atoms with Crippen molar-refractivity contribution in [3.8, 4) is 0 Å². The maximum atomic E-state index is 11.5. The molecule has 1 amide bonds. The molecule has 0 saturated heterocycles. The van der Waals surface area contributed by atoms with Gasteiger partial charge in [0.15, 0.2) is 0 Å². The molecule has 1 aliphatic carbocycles. The number of halogens is 1. The average Bonchev–Trinajstić information content (AvgIpc) is 3.09. The first-order chi connectivity index (χ1) is 10.1. The minimum absolute atomic E-state index is 0.0156. The number of benzene rings is 1. The summed E-state index contributed by atoms with van der Waals surface area (Å²) in [5.41, 5.74) is 10.6. The Balaban J connectivity index is 1.72. The first kappa shape index (κ1) is 13.3. The topological polar surface area (TPSA) is 55.1 Å². The summed E-state index contributed by atoms with van der Waals surface area (Å²) in [6, 6.07) is 5.81. The first-order valence-corrected chi connectivity index (χ1v) is 8.30. The lowest BCUT2D eigenvalue weighted by Crippen LogP contribution is -2.11. The molecule has 108 valence electrons. The molecule has 1 aliphatic heterocycles. The van der Waals surface area contributed by atoms with Crippen LogP contribution in [0, 0.1) is 0 Å². The van der Waals surface area contributed by atoms with Crippen molar-refractivity contribution in [3.05, 3.63) is 49.7 Å². The van der Waals surface area contributed by atoms with E-state index >= 15 is 0 Å². The summed E-state index contributed by atoms with van der Waals surface area (Å²) in [4.78, 5) is 14.1. The van der Waals surface area contributed by atoms with Gasteiger partial charge in [-0.15, -0.1) is 11.3 Å². The fourth-order valence-electron chi connectivity index (χ4n) is 3.16. The van der Waals surface area contributed by atoms with E-state index in [9.17, 15) is 4.79 Å². The lowest BCUT2D eigenvalue weighted by Gasteiger charge is -2.14. The van der Waals surface area contributed by atoms with Crippen LogP contribution in [-0.2, 0) is 24.1 Å². The molecule has 0 spiro atoms. The highest BCUT2D eigenvalue weighted by Crippen LogP contribution is 2.39. The molecule has 3 N–H and O–H groups in total. The zero-order valence-electron chi connectivity index (χ0n) is 11.4. The van der Waals surface area contributed by atoms with Crippen LogP contribution in [0.2, 0.25) is 5.02 Å². The summed E-state index contributed by atoms with van der Waals surface area (Å²) in [6.45, 7) is 0. The normalized spacial score (nSPS) is 17.5. The number of anilines is 1. The number of fused-ring (bicyclic) bond motifs is 2. The number of rotatable bonds is 2. The van der Waals surface area contributed by atoms with Gasteiger partial charge in [0, 0.05) is 20.5 Å². The number of thiophene rings is 1. The molecule has 1 atom stereocenters. The van der Waals surface area contributed by atoms with Gasteiger partial charge in [0.1, 0.15) is 0 Å². The van der Waals surface area contributed by atoms with E-state index in [2.05, 4.69) is 11.4 Å². The number of hydrogen-bond acceptors (Lipinski definition) is 3. The minimum Gasteiger partial charge on any atom is -0.325 e. The first-order valence-electron chi connectivity index (χ1n) is 7.11. The van der Waals surface area contributed by atoms with Gasteiger partial charge in [-0.25, -0.2) is 0 Å². The van der Waals surface area contributed by atoms with Crippen molar-refractivity contribution in [3.63, 3.8) is 0 Å². The summed E-state index contributed by atoms with van der Waals surface area (Å²) in [6.07, 6.45) is 4.00. The number of nitrogens with one attached hydrogen (secondary N) is 1. The second-order valence-corrected chi connectivity index (χ2v) is 7.26. The van der Waals surface area contributed by atoms with E-state index < -0.39 is 0 Å².